The maximum Gasteiger partial charge on any atom is 0.140 e. The number of aryl methyl sites for hydroxylation is 2. The highest BCUT2D eigenvalue weighted by Crippen LogP contribution is 1.97. The van der Waals surface area contributed by atoms with Gasteiger partial charge in [-0.05, 0) is 13.3 Å². The van der Waals surface area contributed by atoms with E-state index in [0.29, 0.717) is 13.1 Å². The monoisotopic (exact) mass is 246 g/mol. The first-order valence-corrected chi connectivity index (χ1v) is 6.14. The maximum absolute atomic E-state index is 4.29. The molecule has 6 nitrogen and oxygen atoms in total. The summed E-state index contributed by atoms with van der Waals surface area (Å²) in [6, 6.07) is 0. The van der Waals surface area contributed by atoms with Crippen LogP contribution in [0.1, 0.15) is 30.6 Å². The number of nitrogens with zero attached hydrogens (tertiary/aromatic N) is 5. The fraction of sp³-hybridized carbons (Fsp3) is 0.500. The lowest BCUT2D eigenvalue weighted by molar-refractivity contribution is 0.540. The smallest absolute Gasteiger partial charge is 0.140 e. The largest absolute Gasteiger partial charge is 0.304 e. The van der Waals surface area contributed by atoms with Crippen molar-refractivity contribution in [2.24, 2.45) is 0 Å². The van der Waals surface area contributed by atoms with Gasteiger partial charge in [-0.15, -0.1) is 0 Å². The maximum atomic E-state index is 4.29. The molecule has 0 aliphatic heterocycles. The summed E-state index contributed by atoms with van der Waals surface area (Å²) in [5, 5.41) is 7.48. The molecular formula is C12H18N6. The van der Waals surface area contributed by atoms with Gasteiger partial charge >= 0.3 is 0 Å². The van der Waals surface area contributed by atoms with E-state index >= 15 is 0 Å². The first-order valence-electron chi connectivity index (χ1n) is 6.14. The van der Waals surface area contributed by atoms with Crippen LogP contribution in [0.3, 0.4) is 0 Å². The lowest BCUT2D eigenvalue weighted by atomic mass is 10.4. The van der Waals surface area contributed by atoms with Crippen LogP contribution in [0.25, 0.3) is 0 Å². The van der Waals surface area contributed by atoms with Crippen LogP contribution in [0.2, 0.25) is 0 Å². The molecule has 96 valence electrons. The summed E-state index contributed by atoms with van der Waals surface area (Å²) in [5.41, 5.74) is 1.86. The highest BCUT2D eigenvalue weighted by atomic mass is 15.3. The first-order chi connectivity index (χ1) is 8.79. The molecule has 0 saturated carbocycles. The van der Waals surface area contributed by atoms with Gasteiger partial charge in [-0.2, -0.15) is 5.10 Å². The third-order valence-corrected chi connectivity index (χ3v) is 2.55. The van der Waals surface area contributed by atoms with E-state index in [2.05, 4.69) is 32.3 Å². The summed E-state index contributed by atoms with van der Waals surface area (Å²) in [5.74, 6) is 0.955. The lowest BCUT2D eigenvalue weighted by Crippen LogP contribution is -2.18. The van der Waals surface area contributed by atoms with Crippen molar-refractivity contribution in [1.82, 2.24) is 30.0 Å². The van der Waals surface area contributed by atoms with Gasteiger partial charge in [0, 0.05) is 25.5 Å². The second kappa shape index (κ2) is 6.20. The second-order valence-corrected chi connectivity index (χ2v) is 4.15. The van der Waals surface area contributed by atoms with E-state index in [0.717, 1.165) is 30.2 Å². The van der Waals surface area contributed by atoms with Crippen molar-refractivity contribution >= 4 is 0 Å². The molecule has 18 heavy (non-hydrogen) atoms. The zero-order valence-corrected chi connectivity index (χ0v) is 10.8. The highest BCUT2D eigenvalue weighted by Gasteiger charge is 2.03. The Morgan fingerprint density at radius 2 is 2.06 bits per heavy atom. The van der Waals surface area contributed by atoms with Crippen molar-refractivity contribution in [1.29, 1.82) is 0 Å². The molecule has 0 saturated heterocycles. The molecule has 0 fully saturated rings. The van der Waals surface area contributed by atoms with Crippen LogP contribution in [0, 0.1) is 6.92 Å². The van der Waals surface area contributed by atoms with Gasteiger partial charge in [0.1, 0.15) is 12.2 Å². The van der Waals surface area contributed by atoms with Crippen LogP contribution in [-0.4, -0.2) is 24.7 Å². The van der Waals surface area contributed by atoms with E-state index in [1.54, 1.807) is 18.7 Å². The van der Waals surface area contributed by atoms with Gasteiger partial charge in [0.05, 0.1) is 17.9 Å². The average molecular weight is 246 g/mol. The Labute approximate surface area is 106 Å². The van der Waals surface area contributed by atoms with Gasteiger partial charge in [0.15, 0.2) is 0 Å². The molecular weight excluding hydrogens is 228 g/mol. The number of hydrogen-bond acceptors (Lipinski definition) is 5. The summed E-state index contributed by atoms with van der Waals surface area (Å²) in [4.78, 5) is 12.7. The van der Waals surface area contributed by atoms with E-state index in [1.165, 1.54) is 0 Å². The Bertz CT molecular complexity index is 476. The molecule has 0 aliphatic rings. The molecule has 6 heteroatoms. The van der Waals surface area contributed by atoms with E-state index < -0.39 is 0 Å². The highest BCUT2D eigenvalue weighted by molar-refractivity contribution is 5.00. The Balaban J connectivity index is 1.84. The fourth-order valence-electron chi connectivity index (χ4n) is 1.64. The van der Waals surface area contributed by atoms with Crippen molar-refractivity contribution in [2.45, 2.75) is 39.9 Å². The van der Waals surface area contributed by atoms with Crippen LogP contribution in [-0.2, 0) is 19.6 Å². The summed E-state index contributed by atoms with van der Waals surface area (Å²) in [6.07, 6.45) is 6.22. The lowest BCUT2D eigenvalue weighted by Gasteiger charge is -2.06. The Morgan fingerprint density at radius 3 is 2.78 bits per heavy atom. The predicted molar refractivity (Wildman–Crippen MR) is 67.6 cm³/mol. The Hall–Kier alpha value is -1.82. The van der Waals surface area contributed by atoms with Crippen molar-refractivity contribution < 1.29 is 0 Å². The molecule has 0 radical (unpaired) electrons. The predicted octanol–water partition coefficient (Wildman–Crippen LogP) is 1.08. The minimum absolute atomic E-state index is 0.687. The molecule has 0 atom stereocenters. The normalized spacial score (nSPS) is 10.8. The summed E-state index contributed by atoms with van der Waals surface area (Å²) in [6.45, 7) is 6.33. The molecule has 0 spiro atoms. The number of nitrogens with one attached hydrogen (secondary N) is 1. The van der Waals surface area contributed by atoms with Crippen molar-refractivity contribution in [3.8, 4) is 0 Å². The quantitative estimate of drug-likeness (QED) is 0.826. The Kier molecular flexibility index (Phi) is 4.35. The standard InChI is InChI=1S/C12H18N6/c1-3-4-18-12(16-9-17-18)8-13-6-11-7-14-10(2)5-15-11/h5,7,9,13H,3-4,6,8H2,1-2H3. The molecule has 0 bridgehead atoms. The molecule has 2 heterocycles. The molecule has 2 rings (SSSR count). The number of hydrogen-bond donors (Lipinski definition) is 1. The topological polar surface area (TPSA) is 68.5 Å². The summed E-state index contributed by atoms with van der Waals surface area (Å²) in [7, 11) is 0. The van der Waals surface area contributed by atoms with E-state index in [4.69, 9.17) is 0 Å². The zero-order chi connectivity index (χ0) is 12.8. The third kappa shape index (κ3) is 3.33. The summed E-state index contributed by atoms with van der Waals surface area (Å²) < 4.78 is 1.92. The van der Waals surface area contributed by atoms with Crippen molar-refractivity contribution in [3.63, 3.8) is 0 Å². The zero-order valence-electron chi connectivity index (χ0n) is 10.8. The van der Waals surface area contributed by atoms with Crippen molar-refractivity contribution in [3.05, 3.63) is 35.9 Å². The van der Waals surface area contributed by atoms with Gasteiger partial charge in [0.25, 0.3) is 0 Å². The minimum Gasteiger partial charge on any atom is -0.304 e. The second-order valence-electron chi connectivity index (χ2n) is 4.15. The third-order valence-electron chi connectivity index (χ3n) is 2.55. The summed E-state index contributed by atoms with van der Waals surface area (Å²) >= 11 is 0. The molecule has 0 aliphatic carbocycles. The van der Waals surface area contributed by atoms with Gasteiger partial charge in [-0.3, -0.25) is 9.97 Å². The van der Waals surface area contributed by atoms with Gasteiger partial charge in [-0.1, -0.05) is 6.92 Å². The van der Waals surface area contributed by atoms with Crippen LogP contribution in [0.15, 0.2) is 18.7 Å². The van der Waals surface area contributed by atoms with E-state index in [1.807, 2.05) is 11.6 Å². The minimum atomic E-state index is 0.687. The molecule has 2 aromatic rings. The molecule has 2 aromatic heterocycles. The van der Waals surface area contributed by atoms with Crippen LogP contribution in [0.5, 0.6) is 0 Å². The van der Waals surface area contributed by atoms with E-state index in [-0.39, 0.29) is 0 Å². The number of rotatable bonds is 6. The average Bonchev–Trinajstić information content (AvgIpc) is 2.80. The number of aromatic nitrogens is 5. The van der Waals surface area contributed by atoms with Crippen LogP contribution >= 0.6 is 0 Å². The van der Waals surface area contributed by atoms with Gasteiger partial charge in [0.2, 0.25) is 0 Å². The van der Waals surface area contributed by atoms with Gasteiger partial charge < -0.3 is 5.32 Å². The van der Waals surface area contributed by atoms with Gasteiger partial charge in [-0.25, -0.2) is 9.67 Å². The van der Waals surface area contributed by atoms with Crippen LogP contribution in [0.4, 0.5) is 0 Å². The molecule has 0 unspecified atom stereocenters. The Morgan fingerprint density at radius 1 is 1.17 bits per heavy atom. The first kappa shape index (κ1) is 12.6. The van der Waals surface area contributed by atoms with Crippen molar-refractivity contribution in [2.75, 3.05) is 0 Å². The molecule has 0 aromatic carbocycles. The van der Waals surface area contributed by atoms with E-state index in [9.17, 15) is 0 Å². The molecule has 0 amide bonds. The SMILES string of the molecule is CCCn1ncnc1CNCc1cnc(C)cn1. The molecule has 1 N–H and O–H groups in total. The fourth-order valence-corrected chi connectivity index (χ4v) is 1.64. The van der Waals surface area contributed by atoms with Crippen LogP contribution < -0.4 is 5.32 Å².